The lowest BCUT2D eigenvalue weighted by Crippen LogP contribution is -2.22. The summed E-state index contributed by atoms with van der Waals surface area (Å²) in [6.45, 7) is -2.84. The predicted octanol–water partition coefficient (Wildman–Crippen LogP) is 4.18. The van der Waals surface area contributed by atoms with Gasteiger partial charge in [0, 0.05) is 0 Å². The molecule has 0 bridgehead atoms. The summed E-state index contributed by atoms with van der Waals surface area (Å²) >= 11 is 1.32. The average molecular weight is 352 g/mol. The van der Waals surface area contributed by atoms with Gasteiger partial charge in [-0.25, -0.2) is 0 Å². The topological polar surface area (TPSA) is 50.7 Å². The molecule has 1 heterocycles. The Morgan fingerprint density at radius 3 is 2.58 bits per heavy atom. The number of rotatable bonds is 4. The lowest BCUT2D eigenvalue weighted by atomic mass is 9.96. The Labute approximate surface area is 143 Å². The van der Waals surface area contributed by atoms with Crippen molar-refractivity contribution in [1.29, 1.82) is 0 Å². The summed E-state index contributed by atoms with van der Waals surface area (Å²) in [4.78, 5) is 17.2. The first kappa shape index (κ1) is 17.0. The van der Waals surface area contributed by atoms with Crippen LogP contribution >= 0.6 is 11.8 Å². The normalized spacial score (nSPS) is 22.4. The summed E-state index contributed by atoms with van der Waals surface area (Å²) in [5.74, 6) is -0.0855. The van der Waals surface area contributed by atoms with Crippen LogP contribution in [-0.2, 0) is 4.79 Å². The quantitative estimate of drug-likeness (QED) is 0.827. The first-order valence-electron chi connectivity index (χ1n) is 7.94. The number of benzene rings is 1. The number of halogens is 2. The molecular formula is C17H18F2N2O2S. The monoisotopic (exact) mass is 352 g/mol. The van der Waals surface area contributed by atoms with Gasteiger partial charge in [0.05, 0.1) is 10.9 Å². The Balaban J connectivity index is 1.66. The third-order valence-corrected chi connectivity index (χ3v) is 4.85. The lowest BCUT2D eigenvalue weighted by molar-refractivity contribution is -0.115. The molecule has 1 aromatic rings. The van der Waals surface area contributed by atoms with Crippen molar-refractivity contribution in [3.63, 3.8) is 0 Å². The fourth-order valence-corrected chi connectivity index (χ4v) is 3.65. The molecule has 128 valence electrons. The third kappa shape index (κ3) is 4.56. The number of thioether (sulfide) groups is 1. The fourth-order valence-electron chi connectivity index (χ4n) is 2.76. The second-order valence-electron chi connectivity index (χ2n) is 5.74. The molecule has 0 aromatic heterocycles. The van der Waals surface area contributed by atoms with Gasteiger partial charge >= 0.3 is 6.61 Å². The van der Waals surface area contributed by atoms with Crippen LogP contribution in [0.3, 0.4) is 0 Å². The summed E-state index contributed by atoms with van der Waals surface area (Å²) in [5.41, 5.74) is 0.744. The maximum absolute atomic E-state index is 12.1. The molecule has 1 amide bonds. The van der Waals surface area contributed by atoms with Gasteiger partial charge in [0.1, 0.15) is 5.75 Å². The van der Waals surface area contributed by atoms with E-state index >= 15 is 0 Å². The Bertz CT molecular complexity index is 653. The average Bonchev–Trinajstić information content (AvgIpc) is 2.89. The van der Waals surface area contributed by atoms with Gasteiger partial charge in [-0.3, -0.25) is 9.79 Å². The molecule has 1 saturated heterocycles. The molecule has 2 aliphatic rings. The van der Waals surface area contributed by atoms with Gasteiger partial charge in [-0.05, 0) is 48.4 Å². The summed E-state index contributed by atoms with van der Waals surface area (Å²) in [7, 11) is 0. The highest BCUT2D eigenvalue weighted by Gasteiger charge is 2.25. The first-order valence-corrected chi connectivity index (χ1v) is 8.75. The molecule has 1 N–H and O–H groups in total. The highest BCUT2D eigenvalue weighted by Crippen LogP contribution is 2.29. The van der Waals surface area contributed by atoms with Crippen LogP contribution in [0, 0.1) is 0 Å². The van der Waals surface area contributed by atoms with Crippen molar-refractivity contribution in [1.82, 2.24) is 5.32 Å². The maximum atomic E-state index is 12.1. The molecule has 3 rings (SSSR count). The van der Waals surface area contributed by atoms with Crippen molar-refractivity contribution in [3.05, 3.63) is 34.7 Å². The van der Waals surface area contributed by atoms with E-state index in [0.717, 1.165) is 18.4 Å². The van der Waals surface area contributed by atoms with Crippen molar-refractivity contribution in [3.8, 4) is 5.75 Å². The molecule has 24 heavy (non-hydrogen) atoms. The van der Waals surface area contributed by atoms with Crippen molar-refractivity contribution in [2.24, 2.45) is 4.99 Å². The minimum atomic E-state index is -2.84. The summed E-state index contributed by atoms with van der Waals surface area (Å²) in [6.07, 6.45) is 7.51. The number of hydrogen-bond acceptors (Lipinski definition) is 4. The van der Waals surface area contributed by atoms with Crippen LogP contribution < -0.4 is 10.1 Å². The van der Waals surface area contributed by atoms with Crippen molar-refractivity contribution >= 4 is 28.9 Å². The van der Waals surface area contributed by atoms with E-state index < -0.39 is 6.61 Å². The molecule has 0 atom stereocenters. The second kappa shape index (κ2) is 7.79. The van der Waals surface area contributed by atoms with Gasteiger partial charge < -0.3 is 10.1 Å². The summed E-state index contributed by atoms with van der Waals surface area (Å²) in [6, 6.07) is 6.47. The molecule has 1 aliphatic carbocycles. The van der Waals surface area contributed by atoms with Gasteiger partial charge in [-0.1, -0.05) is 31.4 Å². The fraction of sp³-hybridized carbons (Fsp3) is 0.412. The summed E-state index contributed by atoms with van der Waals surface area (Å²) < 4.78 is 28.6. The largest absolute Gasteiger partial charge is 0.435 e. The second-order valence-corrected chi connectivity index (χ2v) is 6.77. The zero-order valence-corrected chi connectivity index (χ0v) is 13.8. The highest BCUT2D eigenvalue weighted by atomic mass is 32.2. The van der Waals surface area contributed by atoms with Gasteiger partial charge in [-0.2, -0.15) is 8.78 Å². The standard InChI is InChI=1S/C17H18F2N2O2S/c18-16(19)23-13-8-6-11(7-9-13)10-14-15(22)21-17(24-14)20-12-4-2-1-3-5-12/h6-10,12,16H,1-5H2,(H,20,21,22)/b14-10-. The number of aliphatic imine (C=N–C) groups is 1. The lowest BCUT2D eigenvalue weighted by Gasteiger charge is -2.17. The number of hydrogen-bond donors (Lipinski definition) is 1. The Kier molecular flexibility index (Phi) is 5.50. The number of nitrogens with one attached hydrogen (secondary N) is 1. The van der Waals surface area contributed by atoms with Crippen molar-refractivity contribution in [2.75, 3.05) is 0 Å². The Hall–Kier alpha value is -1.89. The molecule has 0 radical (unpaired) electrons. The van der Waals surface area contributed by atoms with Gasteiger partial charge in [-0.15, -0.1) is 0 Å². The number of ether oxygens (including phenoxy) is 1. The zero-order valence-electron chi connectivity index (χ0n) is 13.0. The van der Waals surface area contributed by atoms with E-state index in [2.05, 4.69) is 15.0 Å². The summed E-state index contributed by atoms with van der Waals surface area (Å²) in [5, 5.41) is 3.44. The molecule has 2 fully saturated rings. The van der Waals surface area contributed by atoms with Crippen LogP contribution in [-0.4, -0.2) is 23.7 Å². The van der Waals surface area contributed by atoms with Gasteiger partial charge in [0.15, 0.2) is 5.17 Å². The van der Waals surface area contributed by atoms with Crippen LogP contribution in [0.2, 0.25) is 0 Å². The van der Waals surface area contributed by atoms with Crippen LogP contribution in [0.5, 0.6) is 5.75 Å². The van der Waals surface area contributed by atoms with Crippen LogP contribution in [0.15, 0.2) is 34.2 Å². The van der Waals surface area contributed by atoms with E-state index in [1.807, 2.05) is 0 Å². The van der Waals surface area contributed by atoms with E-state index in [1.54, 1.807) is 18.2 Å². The Morgan fingerprint density at radius 1 is 1.21 bits per heavy atom. The van der Waals surface area contributed by atoms with E-state index in [0.29, 0.717) is 16.1 Å². The van der Waals surface area contributed by atoms with E-state index in [-0.39, 0.29) is 11.7 Å². The number of carbonyl (C=O) groups is 1. The molecule has 1 saturated carbocycles. The maximum Gasteiger partial charge on any atom is 0.387 e. The minimum Gasteiger partial charge on any atom is -0.435 e. The molecule has 4 nitrogen and oxygen atoms in total. The number of alkyl halides is 2. The van der Waals surface area contributed by atoms with E-state index in [9.17, 15) is 13.6 Å². The molecule has 0 unspecified atom stereocenters. The Morgan fingerprint density at radius 2 is 1.92 bits per heavy atom. The van der Waals surface area contributed by atoms with E-state index in [1.165, 1.54) is 43.2 Å². The highest BCUT2D eigenvalue weighted by molar-refractivity contribution is 8.18. The van der Waals surface area contributed by atoms with Crippen molar-refractivity contribution < 1.29 is 18.3 Å². The van der Waals surface area contributed by atoms with Crippen molar-refractivity contribution in [2.45, 2.75) is 44.8 Å². The molecule has 1 aliphatic heterocycles. The van der Waals surface area contributed by atoms with Gasteiger partial charge in [0.25, 0.3) is 5.91 Å². The number of carbonyl (C=O) groups excluding carboxylic acids is 1. The third-order valence-electron chi connectivity index (χ3n) is 3.93. The molecular weight excluding hydrogens is 334 g/mol. The first-order chi connectivity index (χ1) is 11.6. The SMILES string of the molecule is O=C1NC(=NC2CCCCC2)S/C1=C\c1ccc(OC(F)F)cc1. The number of amides is 1. The zero-order chi connectivity index (χ0) is 16.9. The van der Waals surface area contributed by atoms with Crippen LogP contribution in [0.4, 0.5) is 8.78 Å². The molecule has 0 spiro atoms. The smallest absolute Gasteiger partial charge is 0.387 e. The minimum absolute atomic E-state index is 0.0928. The predicted molar refractivity (Wildman–Crippen MR) is 91.1 cm³/mol. The number of amidine groups is 1. The number of nitrogens with zero attached hydrogens (tertiary/aromatic N) is 1. The van der Waals surface area contributed by atoms with E-state index in [4.69, 9.17) is 0 Å². The molecule has 1 aromatic carbocycles. The van der Waals surface area contributed by atoms with Gasteiger partial charge in [0.2, 0.25) is 0 Å². The molecule has 7 heteroatoms. The van der Waals surface area contributed by atoms with Crippen LogP contribution in [0.25, 0.3) is 6.08 Å². The van der Waals surface area contributed by atoms with Crippen LogP contribution in [0.1, 0.15) is 37.7 Å².